The number of benzene rings is 1. The molecular formula is C19H15FN6O. The summed E-state index contributed by atoms with van der Waals surface area (Å²) in [6.07, 6.45) is 4.79. The van der Waals surface area contributed by atoms with Gasteiger partial charge >= 0.3 is 0 Å². The number of hydrogen-bond donors (Lipinski definition) is 2. The largest absolute Gasteiger partial charge is 0.381 e. The number of carbonyl (C=O) groups is 1. The molecule has 0 bridgehead atoms. The third-order valence-electron chi connectivity index (χ3n) is 4.14. The number of amides is 1. The maximum absolute atomic E-state index is 13.3. The van der Waals surface area contributed by atoms with Crippen molar-refractivity contribution in [3.8, 4) is 22.6 Å². The monoisotopic (exact) mass is 362 g/mol. The number of halogens is 1. The molecule has 3 aromatic heterocycles. The van der Waals surface area contributed by atoms with Crippen LogP contribution in [0.25, 0.3) is 28.3 Å². The maximum atomic E-state index is 13.3. The molecule has 4 aromatic rings. The van der Waals surface area contributed by atoms with Crippen LogP contribution in [0.2, 0.25) is 0 Å². The van der Waals surface area contributed by atoms with Crippen molar-refractivity contribution < 1.29 is 9.18 Å². The van der Waals surface area contributed by atoms with Crippen LogP contribution in [0.3, 0.4) is 0 Å². The SMILES string of the molecule is NC(=O)Cc1cccc(-c2cnc3cc(-c4ncc(F)c(N)n4)ccn23)c1. The van der Waals surface area contributed by atoms with Crippen molar-refractivity contribution in [1.29, 1.82) is 0 Å². The maximum Gasteiger partial charge on any atom is 0.221 e. The lowest BCUT2D eigenvalue weighted by Crippen LogP contribution is -2.13. The van der Waals surface area contributed by atoms with Gasteiger partial charge in [0.1, 0.15) is 5.65 Å². The van der Waals surface area contributed by atoms with Gasteiger partial charge in [-0.3, -0.25) is 9.20 Å². The van der Waals surface area contributed by atoms with Crippen LogP contribution >= 0.6 is 0 Å². The fraction of sp³-hybridized carbons (Fsp3) is 0.0526. The van der Waals surface area contributed by atoms with Crippen LogP contribution in [-0.4, -0.2) is 25.3 Å². The van der Waals surface area contributed by atoms with Crippen molar-refractivity contribution in [2.45, 2.75) is 6.42 Å². The highest BCUT2D eigenvalue weighted by atomic mass is 19.1. The first-order valence-electron chi connectivity index (χ1n) is 8.14. The summed E-state index contributed by atoms with van der Waals surface area (Å²) in [6, 6.07) is 11.2. The van der Waals surface area contributed by atoms with Gasteiger partial charge in [-0.15, -0.1) is 0 Å². The quantitative estimate of drug-likeness (QED) is 0.578. The zero-order valence-corrected chi connectivity index (χ0v) is 14.1. The second-order valence-corrected chi connectivity index (χ2v) is 6.06. The van der Waals surface area contributed by atoms with Crippen LogP contribution < -0.4 is 11.5 Å². The molecule has 134 valence electrons. The third kappa shape index (κ3) is 3.20. The Morgan fingerprint density at radius 1 is 1.11 bits per heavy atom. The molecule has 0 radical (unpaired) electrons. The van der Waals surface area contributed by atoms with Crippen LogP contribution in [0.1, 0.15) is 5.56 Å². The predicted molar refractivity (Wildman–Crippen MR) is 98.9 cm³/mol. The summed E-state index contributed by atoms with van der Waals surface area (Å²) in [4.78, 5) is 23.5. The lowest BCUT2D eigenvalue weighted by Gasteiger charge is -2.06. The van der Waals surface area contributed by atoms with E-state index in [9.17, 15) is 9.18 Å². The molecule has 27 heavy (non-hydrogen) atoms. The minimum Gasteiger partial charge on any atom is -0.381 e. The number of aromatic nitrogens is 4. The Balaban J connectivity index is 1.75. The first-order valence-corrected chi connectivity index (χ1v) is 8.14. The Morgan fingerprint density at radius 2 is 1.96 bits per heavy atom. The molecule has 4 N–H and O–H groups in total. The van der Waals surface area contributed by atoms with Crippen molar-refractivity contribution in [2.24, 2.45) is 5.73 Å². The number of fused-ring (bicyclic) bond motifs is 1. The van der Waals surface area contributed by atoms with Crippen molar-refractivity contribution >= 4 is 17.4 Å². The summed E-state index contributed by atoms with van der Waals surface area (Å²) in [5.74, 6) is -0.910. The summed E-state index contributed by atoms with van der Waals surface area (Å²) in [6.45, 7) is 0. The van der Waals surface area contributed by atoms with Gasteiger partial charge in [0.25, 0.3) is 0 Å². The van der Waals surface area contributed by atoms with Crippen molar-refractivity contribution in [1.82, 2.24) is 19.4 Å². The predicted octanol–water partition coefficient (Wildman–Crippen LogP) is 2.21. The van der Waals surface area contributed by atoms with Gasteiger partial charge < -0.3 is 11.5 Å². The van der Waals surface area contributed by atoms with Gasteiger partial charge in [0.2, 0.25) is 5.91 Å². The first-order chi connectivity index (χ1) is 13.0. The summed E-state index contributed by atoms with van der Waals surface area (Å²) >= 11 is 0. The molecule has 1 amide bonds. The smallest absolute Gasteiger partial charge is 0.221 e. The number of nitrogens with two attached hydrogens (primary N) is 2. The standard InChI is InChI=1S/C19H15FN6O/c20-14-9-24-19(25-18(14)22)13-4-5-26-15(10-23-17(26)8-13)12-3-1-2-11(6-12)7-16(21)27/h1-6,8-10H,7H2,(H2,21,27)(H2,22,24,25). The molecule has 0 atom stereocenters. The van der Waals surface area contributed by atoms with Crippen LogP contribution in [0.15, 0.2) is 55.0 Å². The molecule has 1 aromatic carbocycles. The van der Waals surface area contributed by atoms with Crippen LogP contribution in [0.5, 0.6) is 0 Å². The molecule has 8 heteroatoms. The van der Waals surface area contributed by atoms with Crippen molar-refractivity contribution in [2.75, 3.05) is 5.73 Å². The van der Waals surface area contributed by atoms with E-state index in [1.165, 1.54) is 0 Å². The Morgan fingerprint density at radius 3 is 2.74 bits per heavy atom. The van der Waals surface area contributed by atoms with Crippen LogP contribution in [0, 0.1) is 5.82 Å². The van der Waals surface area contributed by atoms with Gasteiger partial charge in [-0.2, -0.15) is 0 Å². The fourth-order valence-corrected chi connectivity index (χ4v) is 2.89. The number of pyridine rings is 1. The molecule has 4 rings (SSSR count). The first kappa shape index (κ1) is 16.6. The van der Waals surface area contributed by atoms with Gasteiger partial charge in [0, 0.05) is 17.3 Å². The lowest BCUT2D eigenvalue weighted by molar-refractivity contribution is -0.117. The van der Waals surface area contributed by atoms with E-state index < -0.39 is 5.82 Å². The van der Waals surface area contributed by atoms with Crippen LogP contribution in [-0.2, 0) is 11.2 Å². The zero-order chi connectivity index (χ0) is 19.0. The highest BCUT2D eigenvalue weighted by Crippen LogP contribution is 2.25. The second kappa shape index (κ2) is 6.49. The Kier molecular flexibility index (Phi) is 4.00. The molecule has 7 nitrogen and oxygen atoms in total. The van der Waals surface area contributed by atoms with Crippen LogP contribution in [0.4, 0.5) is 10.2 Å². The number of imidazole rings is 1. The number of hydrogen-bond acceptors (Lipinski definition) is 5. The van der Waals surface area contributed by atoms with Crippen molar-refractivity contribution in [3.05, 3.63) is 66.4 Å². The molecule has 0 aliphatic heterocycles. The molecule has 0 saturated heterocycles. The van der Waals surface area contributed by atoms with Crippen molar-refractivity contribution in [3.63, 3.8) is 0 Å². The highest BCUT2D eigenvalue weighted by Gasteiger charge is 2.11. The molecule has 0 unspecified atom stereocenters. The summed E-state index contributed by atoms with van der Waals surface area (Å²) in [5.41, 5.74) is 14.8. The summed E-state index contributed by atoms with van der Waals surface area (Å²) in [5, 5.41) is 0. The van der Waals surface area contributed by atoms with Gasteiger partial charge in [-0.25, -0.2) is 19.3 Å². The number of anilines is 1. The third-order valence-corrected chi connectivity index (χ3v) is 4.14. The number of nitrogens with zero attached hydrogens (tertiary/aromatic N) is 4. The minimum atomic E-state index is -0.654. The zero-order valence-electron chi connectivity index (χ0n) is 14.1. The molecule has 0 saturated carbocycles. The van der Waals surface area contributed by atoms with E-state index in [1.54, 1.807) is 18.3 Å². The molecule has 0 fully saturated rings. The van der Waals surface area contributed by atoms with E-state index in [4.69, 9.17) is 11.5 Å². The van der Waals surface area contributed by atoms with E-state index in [2.05, 4.69) is 15.0 Å². The number of carbonyl (C=O) groups excluding carboxylic acids is 1. The average molecular weight is 362 g/mol. The van der Waals surface area contributed by atoms with Gasteiger partial charge in [0.05, 0.1) is 24.5 Å². The van der Waals surface area contributed by atoms with E-state index in [0.717, 1.165) is 23.0 Å². The number of primary amides is 1. The molecule has 0 spiro atoms. The Hall–Kier alpha value is -3.81. The summed E-state index contributed by atoms with van der Waals surface area (Å²) < 4.78 is 15.2. The number of rotatable bonds is 4. The topological polar surface area (TPSA) is 112 Å². The normalized spacial score (nSPS) is 11.0. The number of nitrogen functional groups attached to an aromatic ring is 1. The molecule has 0 aliphatic carbocycles. The minimum absolute atomic E-state index is 0.179. The van der Waals surface area contributed by atoms with Gasteiger partial charge in [-0.05, 0) is 23.8 Å². The molecular weight excluding hydrogens is 347 g/mol. The second-order valence-electron chi connectivity index (χ2n) is 6.06. The van der Waals surface area contributed by atoms with Gasteiger partial charge in [0.15, 0.2) is 17.5 Å². The molecule has 0 aliphatic rings. The Bertz CT molecular complexity index is 1170. The van der Waals surface area contributed by atoms with Gasteiger partial charge in [-0.1, -0.05) is 18.2 Å². The molecule has 3 heterocycles. The highest BCUT2D eigenvalue weighted by molar-refractivity contribution is 5.77. The fourth-order valence-electron chi connectivity index (χ4n) is 2.89. The van der Waals surface area contributed by atoms with E-state index in [-0.39, 0.29) is 18.1 Å². The lowest BCUT2D eigenvalue weighted by atomic mass is 10.1. The Labute approximate surface area is 153 Å². The summed E-state index contributed by atoms with van der Waals surface area (Å²) in [7, 11) is 0. The average Bonchev–Trinajstić information content (AvgIpc) is 3.07. The van der Waals surface area contributed by atoms with E-state index in [1.807, 2.05) is 34.9 Å². The van der Waals surface area contributed by atoms with E-state index in [0.29, 0.717) is 17.0 Å². The van der Waals surface area contributed by atoms with E-state index >= 15 is 0 Å².